The summed E-state index contributed by atoms with van der Waals surface area (Å²) in [6.07, 6.45) is 3.44. The molecule has 1 amide bonds. The van der Waals surface area contributed by atoms with Crippen molar-refractivity contribution in [2.45, 2.75) is 13.3 Å². The molecule has 1 N–H and O–H groups in total. The molecule has 0 aliphatic carbocycles. The molecule has 162 valence electrons. The average molecular weight is 455 g/mol. The number of nitrogens with one attached hydrogen (secondary N) is 1. The molecule has 0 bridgehead atoms. The average Bonchev–Trinajstić information content (AvgIpc) is 3.24. The number of halogens is 1. The molecule has 0 saturated carbocycles. The van der Waals surface area contributed by atoms with Crippen LogP contribution in [0, 0.1) is 6.92 Å². The first-order valence-corrected chi connectivity index (χ1v) is 10.7. The van der Waals surface area contributed by atoms with Crippen molar-refractivity contribution >= 4 is 34.2 Å². The second-order valence-electron chi connectivity index (χ2n) is 7.56. The van der Waals surface area contributed by atoms with E-state index in [9.17, 15) is 4.79 Å². The molecule has 33 heavy (non-hydrogen) atoms. The first kappa shape index (κ1) is 20.8. The van der Waals surface area contributed by atoms with Crippen LogP contribution in [0.5, 0.6) is 0 Å². The molecule has 3 heterocycles. The fraction of sp³-hybridized carbons (Fsp3) is 0.0800. The molecule has 0 aliphatic rings. The Hall–Kier alpha value is -4.10. The van der Waals surface area contributed by atoms with Crippen LogP contribution in [0.4, 0.5) is 5.69 Å². The van der Waals surface area contributed by atoms with Crippen LogP contribution >= 0.6 is 11.6 Å². The van der Waals surface area contributed by atoms with Crippen molar-refractivity contribution in [2.75, 3.05) is 5.32 Å². The van der Waals surface area contributed by atoms with Gasteiger partial charge in [0.2, 0.25) is 5.91 Å². The summed E-state index contributed by atoms with van der Waals surface area (Å²) in [7, 11) is 0. The van der Waals surface area contributed by atoms with E-state index in [4.69, 9.17) is 16.7 Å². The highest BCUT2D eigenvalue weighted by Gasteiger charge is 2.16. The molecule has 0 unspecified atom stereocenters. The highest BCUT2D eigenvalue weighted by molar-refractivity contribution is 6.30. The molecular weight excluding hydrogens is 436 g/mol. The van der Waals surface area contributed by atoms with Gasteiger partial charge in [-0.05, 0) is 61.5 Å². The summed E-state index contributed by atoms with van der Waals surface area (Å²) in [5.41, 5.74) is 5.49. The molecule has 5 aromatic rings. The number of aromatic nitrogens is 5. The lowest BCUT2D eigenvalue weighted by Gasteiger charge is -2.08. The van der Waals surface area contributed by atoms with Crippen LogP contribution in [-0.2, 0) is 11.2 Å². The van der Waals surface area contributed by atoms with Gasteiger partial charge in [0.05, 0.1) is 28.8 Å². The van der Waals surface area contributed by atoms with Gasteiger partial charge in [-0.1, -0.05) is 23.7 Å². The quantitative estimate of drug-likeness (QED) is 0.403. The van der Waals surface area contributed by atoms with Gasteiger partial charge in [0.15, 0.2) is 5.82 Å². The van der Waals surface area contributed by atoms with Crippen molar-refractivity contribution in [3.05, 3.63) is 95.5 Å². The van der Waals surface area contributed by atoms with Gasteiger partial charge in [-0.25, -0.2) is 9.67 Å². The third kappa shape index (κ3) is 4.58. The van der Waals surface area contributed by atoms with Crippen molar-refractivity contribution in [2.24, 2.45) is 0 Å². The van der Waals surface area contributed by atoms with Crippen molar-refractivity contribution in [3.63, 3.8) is 0 Å². The van der Waals surface area contributed by atoms with Crippen molar-refractivity contribution in [3.8, 4) is 17.1 Å². The van der Waals surface area contributed by atoms with E-state index in [1.165, 1.54) is 0 Å². The van der Waals surface area contributed by atoms with Crippen LogP contribution in [0.2, 0.25) is 5.02 Å². The maximum atomic E-state index is 12.7. The zero-order valence-corrected chi connectivity index (χ0v) is 18.5. The molecule has 0 atom stereocenters. The number of aryl methyl sites for hydroxylation is 1. The lowest BCUT2D eigenvalue weighted by Crippen LogP contribution is -2.15. The third-order valence-corrected chi connectivity index (χ3v) is 5.34. The molecule has 0 saturated heterocycles. The van der Waals surface area contributed by atoms with Crippen molar-refractivity contribution in [1.29, 1.82) is 0 Å². The lowest BCUT2D eigenvalue weighted by molar-refractivity contribution is -0.115. The molecule has 0 aliphatic heterocycles. The summed E-state index contributed by atoms with van der Waals surface area (Å²) in [6.45, 7) is 1.93. The molecule has 0 spiro atoms. The maximum absolute atomic E-state index is 12.7. The Morgan fingerprint density at radius 3 is 2.55 bits per heavy atom. The third-order valence-electron chi connectivity index (χ3n) is 5.09. The Labute approximate surface area is 195 Å². The number of amides is 1. The van der Waals surface area contributed by atoms with Crippen molar-refractivity contribution < 1.29 is 4.79 Å². The zero-order chi connectivity index (χ0) is 22.8. The van der Waals surface area contributed by atoms with Gasteiger partial charge in [-0.15, -0.1) is 0 Å². The Kier molecular flexibility index (Phi) is 5.54. The summed E-state index contributed by atoms with van der Waals surface area (Å²) < 4.78 is 1.76. The summed E-state index contributed by atoms with van der Waals surface area (Å²) in [4.78, 5) is 26.0. The fourth-order valence-corrected chi connectivity index (χ4v) is 3.69. The highest BCUT2D eigenvalue weighted by Crippen LogP contribution is 2.26. The number of benzene rings is 2. The molecular formula is C25H19ClN6O. The number of rotatable bonds is 5. The van der Waals surface area contributed by atoms with E-state index >= 15 is 0 Å². The Balaban J connectivity index is 1.51. The van der Waals surface area contributed by atoms with Crippen LogP contribution in [-0.4, -0.2) is 30.6 Å². The molecule has 8 heteroatoms. The second-order valence-corrected chi connectivity index (χ2v) is 8.00. The number of carbonyl (C=O) groups is 1. The summed E-state index contributed by atoms with van der Waals surface area (Å²) in [5, 5.41) is 8.20. The number of hydrogen-bond donors (Lipinski definition) is 1. The van der Waals surface area contributed by atoms with Crippen LogP contribution in [0.25, 0.3) is 28.1 Å². The van der Waals surface area contributed by atoms with E-state index in [2.05, 4.69) is 20.3 Å². The largest absolute Gasteiger partial charge is 0.326 e. The topological polar surface area (TPSA) is 85.6 Å². The van der Waals surface area contributed by atoms with E-state index in [0.717, 1.165) is 28.0 Å². The Morgan fingerprint density at radius 2 is 1.76 bits per heavy atom. The summed E-state index contributed by atoms with van der Waals surface area (Å²) in [6, 6.07) is 20.5. The van der Waals surface area contributed by atoms with E-state index in [1.807, 2.05) is 49.4 Å². The zero-order valence-electron chi connectivity index (χ0n) is 17.7. The number of carbonyl (C=O) groups excluding carboxylic acids is 1. The summed E-state index contributed by atoms with van der Waals surface area (Å²) >= 11 is 5.92. The maximum Gasteiger partial charge on any atom is 0.230 e. The van der Waals surface area contributed by atoms with Crippen molar-refractivity contribution in [1.82, 2.24) is 24.7 Å². The molecule has 0 radical (unpaired) electrons. The first-order valence-electron chi connectivity index (χ1n) is 10.3. The summed E-state index contributed by atoms with van der Waals surface area (Å²) in [5.74, 6) is 0.503. The first-order chi connectivity index (χ1) is 16.0. The predicted molar refractivity (Wildman–Crippen MR) is 128 cm³/mol. The van der Waals surface area contributed by atoms with E-state index in [-0.39, 0.29) is 12.3 Å². The van der Waals surface area contributed by atoms with Crippen LogP contribution < -0.4 is 5.32 Å². The second kappa shape index (κ2) is 8.80. The number of fused-ring (bicyclic) bond motifs is 1. The smallest absolute Gasteiger partial charge is 0.230 e. The van der Waals surface area contributed by atoms with Crippen LogP contribution in [0.1, 0.15) is 11.4 Å². The number of nitrogens with zero attached hydrogens (tertiary/aromatic N) is 5. The van der Waals surface area contributed by atoms with Crippen LogP contribution in [0.15, 0.2) is 79.1 Å². The lowest BCUT2D eigenvalue weighted by atomic mass is 10.1. The minimum atomic E-state index is -0.171. The Bertz CT molecular complexity index is 1460. The monoisotopic (exact) mass is 454 g/mol. The highest BCUT2D eigenvalue weighted by atomic mass is 35.5. The minimum Gasteiger partial charge on any atom is -0.326 e. The number of hydrogen-bond acceptors (Lipinski definition) is 5. The van der Waals surface area contributed by atoms with Crippen LogP contribution in [0.3, 0.4) is 0 Å². The minimum absolute atomic E-state index is 0.113. The molecule has 2 aromatic carbocycles. The van der Waals surface area contributed by atoms with Gasteiger partial charge in [0, 0.05) is 34.4 Å². The van der Waals surface area contributed by atoms with E-state index in [0.29, 0.717) is 22.2 Å². The number of anilines is 1. The standard InChI is InChI=1S/C25H19ClN6O/c1-16-3-2-4-24(29-16)32-23(17-5-10-21-22(13-17)28-12-11-27-21)14-20(31-32)15-25(33)30-19-8-6-18(26)7-9-19/h2-14H,15H2,1H3,(H,30,33). The van der Waals surface area contributed by atoms with Gasteiger partial charge in [0.25, 0.3) is 0 Å². The van der Waals surface area contributed by atoms with Gasteiger partial charge >= 0.3 is 0 Å². The molecule has 5 rings (SSSR count). The predicted octanol–water partition coefficient (Wildman–Crippen LogP) is 5.02. The van der Waals surface area contributed by atoms with E-state index < -0.39 is 0 Å². The Morgan fingerprint density at radius 1 is 0.970 bits per heavy atom. The van der Waals surface area contributed by atoms with Gasteiger partial charge in [0.1, 0.15) is 0 Å². The normalized spacial score (nSPS) is 11.0. The van der Waals surface area contributed by atoms with Gasteiger partial charge in [-0.3, -0.25) is 14.8 Å². The van der Waals surface area contributed by atoms with Gasteiger partial charge < -0.3 is 5.32 Å². The van der Waals surface area contributed by atoms with Gasteiger partial charge in [-0.2, -0.15) is 5.10 Å². The fourth-order valence-electron chi connectivity index (χ4n) is 3.57. The number of pyridine rings is 1. The van der Waals surface area contributed by atoms with E-state index in [1.54, 1.807) is 41.3 Å². The molecule has 7 nitrogen and oxygen atoms in total. The molecule has 0 fully saturated rings. The SMILES string of the molecule is Cc1cccc(-n2nc(CC(=O)Nc3ccc(Cl)cc3)cc2-c2ccc3nccnc3c2)n1. The molecule has 3 aromatic heterocycles.